The van der Waals surface area contributed by atoms with Crippen molar-refractivity contribution in [2.75, 3.05) is 54.0 Å². The molecule has 2 aliphatic rings. The first-order valence-corrected chi connectivity index (χ1v) is 14.3. The monoisotopic (exact) mass is 627 g/mol. The Morgan fingerprint density at radius 3 is 2.44 bits per heavy atom. The number of aromatic nitrogens is 3. The average Bonchev–Trinajstić information content (AvgIpc) is 3.41. The second kappa shape index (κ2) is 13.2. The minimum atomic E-state index is -4.71. The lowest BCUT2D eigenvalue weighted by Gasteiger charge is -2.33. The summed E-state index contributed by atoms with van der Waals surface area (Å²) in [6.45, 7) is 5.38. The highest BCUT2D eigenvalue weighted by molar-refractivity contribution is 6.08. The molecule has 0 aliphatic carbocycles. The van der Waals surface area contributed by atoms with Crippen LogP contribution in [0.25, 0.3) is 0 Å². The van der Waals surface area contributed by atoms with Gasteiger partial charge in [-0.1, -0.05) is 11.8 Å². The van der Waals surface area contributed by atoms with Crippen LogP contribution < -0.4 is 14.7 Å². The molecule has 45 heavy (non-hydrogen) atoms. The van der Waals surface area contributed by atoms with Crippen LogP contribution in [-0.2, 0) is 15.8 Å². The molecule has 0 unspecified atom stereocenters. The largest absolute Gasteiger partial charge is 0.416 e. The van der Waals surface area contributed by atoms with E-state index < -0.39 is 41.2 Å². The lowest BCUT2D eigenvalue weighted by atomic mass is 10.1. The molecule has 4 heterocycles. The van der Waals surface area contributed by atoms with E-state index in [0.29, 0.717) is 44.7 Å². The van der Waals surface area contributed by atoms with Crippen LogP contribution in [0.5, 0.6) is 0 Å². The van der Waals surface area contributed by atoms with Gasteiger partial charge < -0.3 is 4.90 Å². The second-order valence-electron chi connectivity index (χ2n) is 10.8. The van der Waals surface area contributed by atoms with Gasteiger partial charge in [0.2, 0.25) is 11.9 Å². The molecule has 14 heteroatoms. The molecule has 1 atom stereocenters. The van der Waals surface area contributed by atoms with Crippen LogP contribution in [0.1, 0.15) is 29.7 Å². The molecule has 236 valence electrons. The molecule has 3 aromatic rings. The molecule has 0 saturated carbocycles. The van der Waals surface area contributed by atoms with Gasteiger partial charge in [-0.15, -0.1) is 0 Å². The van der Waals surface area contributed by atoms with Crippen LogP contribution in [0.2, 0.25) is 0 Å². The van der Waals surface area contributed by atoms with Crippen molar-refractivity contribution >= 4 is 29.3 Å². The minimum absolute atomic E-state index is 0.00535. The summed E-state index contributed by atoms with van der Waals surface area (Å²) in [5.74, 6) is 3.05. The number of aryl methyl sites for hydroxylation is 1. The Balaban J connectivity index is 1.37. The number of piperazine rings is 1. The summed E-state index contributed by atoms with van der Waals surface area (Å²) in [6.07, 6.45) is -1.51. The highest BCUT2D eigenvalue weighted by Crippen LogP contribution is 2.35. The Hall–Kier alpha value is -4.64. The van der Waals surface area contributed by atoms with Gasteiger partial charge in [0.1, 0.15) is 17.7 Å². The van der Waals surface area contributed by atoms with E-state index in [4.69, 9.17) is 0 Å². The number of anilines is 3. The molecule has 0 spiro atoms. The number of pyridine rings is 1. The minimum Gasteiger partial charge on any atom is -0.338 e. The van der Waals surface area contributed by atoms with Gasteiger partial charge in [0.05, 0.1) is 24.3 Å². The van der Waals surface area contributed by atoms with Crippen molar-refractivity contribution in [3.63, 3.8) is 0 Å². The molecule has 1 aromatic carbocycles. The van der Waals surface area contributed by atoms with Gasteiger partial charge in [-0.05, 0) is 50.6 Å². The van der Waals surface area contributed by atoms with Crippen molar-refractivity contribution in [2.24, 2.45) is 0 Å². The summed E-state index contributed by atoms with van der Waals surface area (Å²) >= 11 is 0. The van der Waals surface area contributed by atoms with Gasteiger partial charge in [0.25, 0.3) is 5.91 Å². The predicted molar refractivity (Wildman–Crippen MR) is 156 cm³/mol. The predicted octanol–water partition coefficient (Wildman–Crippen LogP) is 4.14. The number of carbonyl (C=O) groups is 2. The van der Waals surface area contributed by atoms with Crippen molar-refractivity contribution < 1.29 is 31.5 Å². The fraction of sp³-hybridized carbons (Fsp3) is 0.387. The van der Waals surface area contributed by atoms with Crippen LogP contribution in [0, 0.1) is 37.3 Å². The Kier molecular flexibility index (Phi) is 9.29. The molecular formula is C31H30F5N7O2. The van der Waals surface area contributed by atoms with Gasteiger partial charge >= 0.3 is 6.18 Å². The Morgan fingerprint density at radius 2 is 1.76 bits per heavy atom. The van der Waals surface area contributed by atoms with E-state index in [0.717, 1.165) is 28.0 Å². The van der Waals surface area contributed by atoms with E-state index in [-0.39, 0.29) is 42.1 Å². The summed E-state index contributed by atoms with van der Waals surface area (Å²) in [5, 5.41) is 0. The topological polar surface area (TPSA) is 85.8 Å². The van der Waals surface area contributed by atoms with Crippen LogP contribution in [0.15, 0.2) is 42.7 Å². The third kappa shape index (κ3) is 7.04. The van der Waals surface area contributed by atoms with E-state index in [1.165, 1.54) is 13.8 Å². The molecular weight excluding hydrogens is 597 g/mol. The van der Waals surface area contributed by atoms with Crippen molar-refractivity contribution in [1.29, 1.82) is 0 Å². The zero-order valence-corrected chi connectivity index (χ0v) is 24.6. The normalized spacial score (nSPS) is 17.3. The number of nitrogens with zero attached hydrogens (tertiary/aromatic N) is 7. The number of hydrogen-bond acceptors (Lipinski definition) is 7. The summed E-state index contributed by atoms with van der Waals surface area (Å²) in [7, 11) is 0. The number of carbonyl (C=O) groups excluding carboxylic acids is 2. The third-order valence-corrected chi connectivity index (χ3v) is 7.74. The molecule has 2 amide bonds. The first kappa shape index (κ1) is 31.8. The molecule has 0 N–H and O–H groups in total. The number of benzene rings is 1. The zero-order chi connectivity index (χ0) is 32.3. The van der Waals surface area contributed by atoms with E-state index >= 15 is 4.39 Å². The maximum absolute atomic E-state index is 15.3. The standard InChI is InChI=1S/C31H30F5N7O2/c1-20-18-22(31(34,35)36)19-26(39-20)43-25(8-9-27(43)44)29(45)42(24-7-6-23(32)21(2)28(24)33)13-4-3-12-40-14-16-41(17-15-40)30-37-10-5-11-38-30/h5-7,10-11,18-19,25H,8-9,12-17H2,1-2H3/t25-/m0/s1. The van der Waals surface area contributed by atoms with E-state index in [9.17, 15) is 27.2 Å². The van der Waals surface area contributed by atoms with E-state index in [1.54, 1.807) is 18.5 Å². The average molecular weight is 628 g/mol. The molecule has 0 bridgehead atoms. The molecule has 2 fully saturated rings. The Bertz CT molecular complexity index is 1630. The van der Waals surface area contributed by atoms with Crippen molar-refractivity contribution in [3.8, 4) is 11.8 Å². The van der Waals surface area contributed by atoms with E-state index in [2.05, 4.69) is 36.6 Å². The number of hydrogen-bond donors (Lipinski definition) is 0. The molecule has 9 nitrogen and oxygen atoms in total. The van der Waals surface area contributed by atoms with Gasteiger partial charge in [-0.25, -0.2) is 23.7 Å². The summed E-state index contributed by atoms with van der Waals surface area (Å²) in [4.78, 5) is 45.6. The van der Waals surface area contributed by atoms with Gasteiger partial charge in [-0.2, -0.15) is 13.2 Å². The first-order chi connectivity index (χ1) is 21.4. The van der Waals surface area contributed by atoms with Gasteiger partial charge in [0, 0.05) is 56.3 Å². The lowest BCUT2D eigenvalue weighted by molar-refractivity contribution is -0.137. The smallest absolute Gasteiger partial charge is 0.338 e. The number of alkyl halides is 3. The fourth-order valence-electron chi connectivity index (χ4n) is 5.32. The SMILES string of the molecule is Cc1cc(C(F)(F)F)cc(N2C(=O)CC[C@H]2C(=O)N(CC#CCN2CCN(c3ncccn3)CC2)c2ccc(F)c(C)c2F)n1. The molecule has 0 radical (unpaired) electrons. The van der Waals surface area contributed by atoms with Crippen LogP contribution >= 0.6 is 0 Å². The van der Waals surface area contributed by atoms with Crippen LogP contribution in [0.4, 0.5) is 39.4 Å². The Labute approximate surface area is 256 Å². The maximum Gasteiger partial charge on any atom is 0.416 e. The molecule has 5 rings (SSSR count). The lowest BCUT2D eigenvalue weighted by Crippen LogP contribution is -2.48. The van der Waals surface area contributed by atoms with Crippen molar-refractivity contribution in [2.45, 2.75) is 38.9 Å². The molecule has 2 aromatic heterocycles. The van der Waals surface area contributed by atoms with Crippen LogP contribution in [0.3, 0.4) is 0 Å². The van der Waals surface area contributed by atoms with Crippen LogP contribution in [-0.4, -0.2) is 77.0 Å². The quantitative estimate of drug-likeness (QED) is 0.300. The van der Waals surface area contributed by atoms with Crippen molar-refractivity contribution in [1.82, 2.24) is 19.9 Å². The summed E-state index contributed by atoms with van der Waals surface area (Å²) < 4.78 is 70.1. The number of amides is 2. The maximum atomic E-state index is 15.3. The zero-order valence-electron chi connectivity index (χ0n) is 24.6. The second-order valence-corrected chi connectivity index (χ2v) is 10.8. The number of rotatable bonds is 6. The third-order valence-electron chi connectivity index (χ3n) is 7.74. The number of halogens is 5. The highest BCUT2D eigenvalue weighted by atomic mass is 19.4. The van der Waals surface area contributed by atoms with E-state index in [1.807, 2.05) is 0 Å². The summed E-state index contributed by atoms with van der Waals surface area (Å²) in [6, 6.07) is 4.16. The van der Waals surface area contributed by atoms with Gasteiger partial charge in [0.15, 0.2) is 5.82 Å². The fourth-order valence-corrected chi connectivity index (χ4v) is 5.32. The first-order valence-electron chi connectivity index (χ1n) is 14.3. The molecule has 2 aliphatic heterocycles. The highest BCUT2D eigenvalue weighted by Gasteiger charge is 2.42. The summed E-state index contributed by atoms with van der Waals surface area (Å²) in [5.41, 5.74) is -1.58. The molecule has 2 saturated heterocycles. The van der Waals surface area contributed by atoms with Gasteiger partial charge in [-0.3, -0.25) is 24.3 Å². The van der Waals surface area contributed by atoms with Crippen molar-refractivity contribution in [3.05, 3.63) is 71.2 Å². The Morgan fingerprint density at radius 1 is 1.04 bits per heavy atom.